The summed E-state index contributed by atoms with van der Waals surface area (Å²) in [4.78, 5) is 23.7. The molecule has 0 amide bonds. The van der Waals surface area contributed by atoms with Gasteiger partial charge in [0, 0.05) is 11.6 Å². The maximum absolute atomic E-state index is 12.6. The van der Waals surface area contributed by atoms with Crippen LogP contribution in [-0.2, 0) is 11.2 Å². The predicted octanol–water partition coefficient (Wildman–Crippen LogP) is 3.53. The van der Waals surface area contributed by atoms with E-state index < -0.39 is 5.97 Å². The van der Waals surface area contributed by atoms with E-state index in [1.54, 1.807) is 36.4 Å². The van der Waals surface area contributed by atoms with E-state index in [4.69, 9.17) is 14.3 Å². The van der Waals surface area contributed by atoms with Gasteiger partial charge in [0.1, 0.15) is 23.5 Å². The zero-order valence-corrected chi connectivity index (χ0v) is 13.2. The van der Waals surface area contributed by atoms with Gasteiger partial charge in [0.2, 0.25) is 5.43 Å². The summed E-state index contributed by atoms with van der Waals surface area (Å²) in [5.74, 6) is -0.424. The number of hydrogen-bond donors (Lipinski definition) is 1. The minimum Gasteiger partial charge on any atom is -0.489 e. The lowest BCUT2D eigenvalue weighted by atomic mass is 10.1. The highest BCUT2D eigenvalue weighted by Gasteiger charge is 2.13. The normalized spacial score (nSPS) is 10.9. The lowest BCUT2D eigenvalue weighted by molar-refractivity contribution is -0.136. The lowest BCUT2D eigenvalue weighted by Crippen LogP contribution is -2.06. The molecule has 0 aliphatic rings. The van der Waals surface area contributed by atoms with Crippen molar-refractivity contribution in [3.63, 3.8) is 0 Å². The zero-order chi connectivity index (χ0) is 17.3. The molecular formula is C19H16O5. The highest BCUT2D eigenvalue weighted by molar-refractivity contribution is 5.92. The van der Waals surface area contributed by atoms with Crippen molar-refractivity contribution in [2.24, 2.45) is 0 Å². The molecule has 3 rings (SSSR count). The Hall–Kier alpha value is -3.08. The zero-order valence-electron chi connectivity index (χ0n) is 13.2. The van der Waals surface area contributed by atoms with Crippen molar-refractivity contribution in [1.82, 2.24) is 0 Å². The summed E-state index contributed by atoms with van der Waals surface area (Å²) in [6.07, 6.45) is -0.211. The maximum Gasteiger partial charge on any atom is 0.307 e. The molecule has 0 unspecified atom stereocenters. The quantitative estimate of drug-likeness (QED) is 0.574. The first-order chi connectivity index (χ1) is 11.5. The van der Waals surface area contributed by atoms with Gasteiger partial charge in [0.05, 0.1) is 17.2 Å². The number of carbonyl (C=O) groups is 1. The van der Waals surface area contributed by atoms with Crippen LogP contribution in [0.5, 0.6) is 5.75 Å². The van der Waals surface area contributed by atoms with Gasteiger partial charge in [-0.1, -0.05) is 18.7 Å². The summed E-state index contributed by atoms with van der Waals surface area (Å²) >= 11 is 0. The van der Waals surface area contributed by atoms with Gasteiger partial charge in [0.25, 0.3) is 0 Å². The molecular weight excluding hydrogens is 308 g/mol. The molecule has 0 fully saturated rings. The SMILES string of the molecule is C=C(C)COc1ccc2c(=O)c3cccc(CC(=O)O)c3oc2c1. The minimum absolute atomic E-state index is 0.190. The molecule has 5 nitrogen and oxygen atoms in total. The summed E-state index contributed by atoms with van der Waals surface area (Å²) in [6.45, 7) is 6.00. The molecule has 122 valence electrons. The second-order valence-electron chi connectivity index (χ2n) is 5.70. The summed E-state index contributed by atoms with van der Waals surface area (Å²) in [5.41, 5.74) is 1.81. The smallest absolute Gasteiger partial charge is 0.307 e. The number of carboxylic acids is 1. The number of carboxylic acid groups (broad SMARTS) is 1. The topological polar surface area (TPSA) is 76.7 Å². The van der Waals surface area contributed by atoms with Crippen LogP contribution in [0.2, 0.25) is 0 Å². The minimum atomic E-state index is -0.983. The molecule has 0 atom stereocenters. The number of benzene rings is 2. The Morgan fingerprint density at radius 1 is 1.25 bits per heavy atom. The molecule has 0 bridgehead atoms. The van der Waals surface area contributed by atoms with Crippen molar-refractivity contribution in [1.29, 1.82) is 0 Å². The van der Waals surface area contributed by atoms with E-state index in [-0.39, 0.29) is 11.8 Å². The molecule has 1 aromatic heterocycles. The third-order valence-corrected chi connectivity index (χ3v) is 3.58. The van der Waals surface area contributed by atoms with Gasteiger partial charge in [-0.2, -0.15) is 0 Å². The number of hydrogen-bond acceptors (Lipinski definition) is 4. The highest BCUT2D eigenvalue weighted by atomic mass is 16.5. The molecule has 24 heavy (non-hydrogen) atoms. The van der Waals surface area contributed by atoms with Crippen LogP contribution in [0.15, 0.2) is 57.8 Å². The summed E-state index contributed by atoms with van der Waals surface area (Å²) in [6, 6.07) is 9.93. The average molecular weight is 324 g/mol. The molecule has 1 heterocycles. The van der Waals surface area contributed by atoms with E-state index in [1.165, 1.54) is 0 Å². The monoisotopic (exact) mass is 324 g/mol. The molecule has 1 N–H and O–H groups in total. The van der Waals surface area contributed by atoms with Crippen LogP contribution in [0.25, 0.3) is 21.9 Å². The van der Waals surface area contributed by atoms with E-state index in [0.717, 1.165) is 5.57 Å². The van der Waals surface area contributed by atoms with Gasteiger partial charge >= 0.3 is 5.97 Å². The Bertz CT molecular complexity index is 1010. The number of fused-ring (bicyclic) bond motifs is 2. The fraction of sp³-hybridized carbons (Fsp3) is 0.158. The fourth-order valence-corrected chi connectivity index (χ4v) is 2.51. The van der Waals surface area contributed by atoms with E-state index in [1.807, 2.05) is 6.92 Å². The van der Waals surface area contributed by atoms with E-state index in [0.29, 0.717) is 39.9 Å². The van der Waals surface area contributed by atoms with Crippen LogP contribution in [0.1, 0.15) is 12.5 Å². The van der Waals surface area contributed by atoms with Crippen LogP contribution >= 0.6 is 0 Å². The van der Waals surface area contributed by atoms with Crippen molar-refractivity contribution in [2.75, 3.05) is 6.61 Å². The van der Waals surface area contributed by atoms with Crippen molar-refractivity contribution in [2.45, 2.75) is 13.3 Å². The van der Waals surface area contributed by atoms with Gasteiger partial charge in [0.15, 0.2) is 0 Å². The van der Waals surface area contributed by atoms with Crippen molar-refractivity contribution in [3.8, 4) is 5.75 Å². The second kappa shape index (κ2) is 6.20. The molecule has 2 aromatic carbocycles. The summed E-state index contributed by atoms with van der Waals surface area (Å²) < 4.78 is 11.4. The number of para-hydroxylation sites is 1. The van der Waals surface area contributed by atoms with Crippen molar-refractivity contribution < 1.29 is 19.1 Å². The Labute approximate surface area is 137 Å². The van der Waals surface area contributed by atoms with Gasteiger partial charge in [-0.05, 0) is 30.7 Å². The Kier molecular flexibility index (Phi) is 4.08. The first-order valence-corrected chi connectivity index (χ1v) is 7.43. The highest BCUT2D eigenvalue weighted by Crippen LogP contribution is 2.25. The van der Waals surface area contributed by atoms with Gasteiger partial charge < -0.3 is 14.3 Å². The number of rotatable bonds is 5. The third-order valence-electron chi connectivity index (χ3n) is 3.58. The van der Waals surface area contributed by atoms with Crippen LogP contribution in [0.4, 0.5) is 0 Å². The first kappa shape index (κ1) is 15.8. The fourth-order valence-electron chi connectivity index (χ4n) is 2.51. The summed E-state index contributed by atoms with van der Waals surface area (Å²) in [5, 5.41) is 9.83. The molecule has 0 spiro atoms. The predicted molar refractivity (Wildman–Crippen MR) is 91.6 cm³/mol. The van der Waals surface area contributed by atoms with Crippen LogP contribution in [-0.4, -0.2) is 17.7 Å². The van der Waals surface area contributed by atoms with E-state index >= 15 is 0 Å². The summed E-state index contributed by atoms with van der Waals surface area (Å²) in [7, 11) is 0. The van der Waals surface area contributed by atoms with Crippen LogP contribution < -0.4 is 10.2 Å². The van der Waals surface area contributed by atoms with Crippen LogP contribution in [0, 0.1) is 0 Å². The van der Waals surface area contributed by atoms with Crippen molar-refractivity contribution >= 4 is 27.9 Å². The van der Waals surface area contributed by atoms with Crippen LogP contribution in [0.3, 0.4) is 0 Å². The number of aliphatic carboxylic acids is 1. The Balaban J connectivity index is 2.19. The lowest BCUT2D eigenvalue weighted by Gasteiger charge is -2.08. The first-order valence-electron chi connectivity index (χ1n) is 7.43. The molecule has 0 saturated carbocycles. The number of ether oxygens (including phenoxy) is 1. The Morgan fingerprint density at radius 3 is 2.75 bits per heavy atom. The van der Waals surface area contributed by atoms with E-state index in [2.05, 4.69) is 6.58 Å². The molecule has 0 aliphatic carbocycles. The third kappa shape index (κ3) is 3.01. The molecule has 5 heteroatoms. The molecule has 0 aliphatic heterocycles. The van der Waals surface area contributed by atoms with Gasteiger partial charge in [-0.25, -0.2) is 0 Å². The van der Waals surface area contributed by atoms with Gasteiger partial charge in [-0.15, -0.1) is 0 Å². The molecule has 3 aromatic rings. The average Bonchev–Trinajstić information content (AvgIpc) is 2.53. The second-order valence-corrected chi connectivity index (χ2v) is 5.70. The Morgan fingerprint density at radius 2 is 2.04 bits per heavy atom. The molecule has 0 saturated heterocycles. The van der Waals surface area contributed by atoms with E-state index in [9.17, 15) is 9.59 Å². The largest absolute Gasteiger partial charge is 0.489 e. The van der Waals surface area contributed by atoms with Gasteiger partial charge in [-0.3, -0.25) is 9.59 Å². The maximum atomic E-state index is 12.6. The standard InChI is InChI=1S/C19H16O5/c1-11(2)10-23-13-6-7-14-16(9-13)24-19-12(8-17(20)21)4-3-5-15(19)18(14)22/h3-7,9H,1,8,10H2,2H3,(H,20,21). The molecule has 0 radical (unpaired) electrons. The van der Waals surface area contributed by atoms with Crippen molar-refractivity contribution in [3.05, 3.63) is 64.3 Å².